The number of carbonyl (C=O) groups excluding carboxylic acids is 6. The number of nitrogens with one attached hydrogen (secondary N) is 4. The first-order valence-corrected chi connectivity index (χ1v) is 25.1. The number of fused-ring (bicyclic) bond motifs is 1. The summed E-state index contributed by atoms with van der Waals surface area (Å²) in [5.41, 5.74) is 9.16. The molecule has 0 radical (unpaired) electrons. The molecule has 3 aromatic rings. The third-order valence-electron chi connectivity index (χ3n) is 14.9. The Bertz CT molecular complexity index is 2460. The maximum Gasteiger partial charge on any atom is 0.271 e. The predicted octanol–water partition coefficient (Wildman–Crippen LogP) is 3.21. The summed E-state index contributed by atoms with van der Waals surface area (Å²) in [5, 5.41) is 12.2. The van der Waals surface area contributed by atoms with E-state index in [2.05, 4.69) is 47.0 Å². The van der Waals surface area contributed by atoms with Gasteiger partial charge in [-0.1, -0.05) is 13.0 Å². The zero-order chi connectivity index (χ0) is 48.9. The number of amides is 6. The fraction of sp³-hybridized carbons (Fsp3) is 0.560. The van der Waals surface area contributed by atoms with E-state index >= 15 is 0 Å². The zero-order valence-corrected chi connectivity index (χ0v) is 40.3. The number of nitrogens with two attached hydrogens (primary N) is 1. The SMILES string of the molecule is CCc1nc(C(N)=O)c(Nc2ccc(N3CCC(N4CCN(CC5CCN(C(=O)CCNc6cccc7c6C(=O)N(C6CCC(=O)NC6=O)C7=O)CC5)CC4)CC3)c(OC)c2)nc1NC1CCOCC1. The van der Waals surface area contributed by atoms with Crippen LogP contribution in [0.3, 0.4) is 0 Å². The van der Waals surface area contributed by atoms with E-state index in [1.807, 2.05) is 24.0 Å². The van der Waals surface area contributed by atoms with Crippen LogP contribution in [0.5, 0.6) is 5.75 Å². The Hall–Kier alpha value is -6.38. The number of anilines is 5. The van der Waals surface area contributed by atoms with Crippen LogP contribution in [0.2, 0.25) is 0 Å². The number of benzene rings is 2. The molecule has 9 rings (SSSR count). The van der Waals surface area contributed by atoms with Crippen LogP contribution in [-0.2, 0) is 25.5 Å². The number of ether oxygens (including phenoxy) is 2. The zero-order valence-electron chi connectivity index (χ0n) is 40.3. The number of hydrogen-bond donors (Lipinski definition) is 5. The molecule has 20 heteroatoms. The van der Waals surface area contributed by atoms with Gasteiger partial charge in [0.2, 0.25) is 17.7 Å². The molecule has 1 unspecified atom stereocenters. The molecule has 2 aromatic carbocycles. The average molecular weight is 963 g/mol. The summed E-state index contributed by atoms with van der Waals surface area (Å²) >= 11 is 0. The molecule has 5 fully saturated rings. The Morgan fingerprint density at radius 3 is 2.33 bits per heavy atom. The number of nitrogens with zero attached hydrogens (tertiary/aromatic N) is 7. The lowest BCUT2D eigenvalue weighted by molar-refractivity contribution is -0.136. The summed E-state index contributed by atoms with van der Waals surface area (Å²) in [7, 11) is 1.68. The van der Waals surface area contributed by atoms with Crippen LogP contribution < -0.4 is 36.6 Å². The van der Waals surface area contributed by atoms with Gasteiger partial charge in [-0.2, -0.15) is 0 Å². The van der Waals surface area contributed by atoms with E-state index in [9.17, 15) is 28.8 Å². The van der Waals surface area contributed by atoms with Crippen LogP contribution in [0.15, 0.2) is 36.4 Å². The number of imide groups is 2. The van der Waals surface area contributed by atoms with Crippen molar-refractivity contribution in [2.75, 3.05) is 107 Å². The Balaban J connectivity index is 0.697. The minimum Gasteiger partial charge on any atom is -0.495 e. The monoisotopic (exact) mass is 963 g/mol. The van der Waals surface area contributed by atoms with Gasteiger partial charge in [0, 0.05) is 121 Å². The molecule has 0 bridgehead atoms. The number of methoxy groups -OCH3 is 1. The standard InChI is InChI=1S/C50H66N12O8/c1-3-36-46(53-32-16-27-70-28-17-32)57-47(44(55-36)45(51)65)54-33-7-8-38(40(29-33)69-2)60-21-14-34(15-22-60)59-25-23-58(24-26-59)30-31-12-19-61(20-13-31)42(64)11-18-52-37-6-4-5-35-43(37)50(68)62(49(35)67)39-9-10-41(63)56-48(39)66/h4-8,29,31-32,34,39,52H,3,9-28,30H2,1-2H3,(H2,51,65)(H2,53,54,57)(H,56,63,66). The van der Waals surface area contributed by atoms with E-state index in [-0.39, 0.29) is 48.0 Å². The second-order valence-electron chi connectivity index (χ2n) is 19.2. The number of piperidine rings is 3. The largest absolute Gasteiger partial charge is 0.495 e. The van der Waals surface area contributed by atoms with E-state index in [1.54, 1.807) is 25.3 Å². The number of hydrogen-bond acceptors (Lipinski definition) is 16. The molecule has 0 saturated carbocycles. The Morgan fingerprint density at radius 1 is 0.871 bits per heavy atom. The van der Waals surface area contributed by atoms with Gasteiger partial charge in [-0.25, -0.2) is 9.97 Å². The maximum absolute atomic E-state index is 13.4. The highest BCUT2D eigenvalue weighted by Gasteiger charge is 2.45. The third kappa shape index (κ3) is 10.7. The first-order chi connectivity index (χ1) is 34.0. The molecule has 0 aliphatic carbocycles. The first kappa shape index (κ1) is 48.6. The van der Waals surface area contributed by atoms with Gasteiger partial charge in [0.05, 0.1) is 29.6 Å². The van der Waals surface area contributed by atoms with Crippen LogP contribution in [0.1, 0.15) is 102 Å². The molecule has 5 saturated heterocycles. The number of carbonyl (C=O) groups is 6. The summed E-state index contributed by atoms with van der Waals surface area (Å²) in [6.45, 7) is 12.1. The molecule has 1 atom stereocenters. The molecule has 70 heavy (non-hydrogen) atoms. The second-order valence-corrected chi connectivity index (χ2v) is 19.2. The van der Waals surface area contributed by atoms with Gasteiger partial charge >= 0.3 is 0 Å². The molecule has 6 amide bonds. The van der Waals surface area contributed by atoms with Crippen molar-refractivity contribution in [3.8, 4) is 5.75 Å². The summed E-state index contributed by atoms with van der Waals surface area (Å²) in [5.74, 6) is -0.596. The van der Waals surface area contributed by atoms with Gasteiger partial charge in [0.15, 0.2) is 17.3 Å². The van der Waals surface area contributed by atoms with Crippen molar-refractivity contribution in [3.05, 3.63) is 58.9 Å². The summed E-state index contributed by atoms with van der Waals surface area (Å²) in [6, 6.07) is 10.6. The van der Waals surface area contributed by atoms with Crippen molar-refractivity contribution < 1.29 is 38.2 Å². The fourth-order valence-corrected chi connectivity index (χ4v) is 10.9. The van der Waals surface area contributed by atoms with Crippen LogP contribution in [0.4, 0.5) is 28.7 Å². The molecule has 6 aliphatic heterocycles. The summed E-state index contributed by atoms with van der Waals surface area (Å²) in [6.07, 6.45) is 6.76. The maximum atomic E-state index is 13.4. The molecule has 6 N–H and O–H groups in total. The van der Waals surface area contributed by atoms with E-state index in [1.165, 1.54) is 0 Å². The molecule has 0 spiro atoms. The smallest absolute Gasteiger partial charge is 0.271 e. The van der Waals surface area contributed by atoms with Crippen LogP contribution in [0, 0.1) is 5.92 Å². The molecule has 7 heterocycles. The lowest BCUT2D eigenvalue weighted by Gasteiger charge is -2.44. The molecule has 374 valence electrons. The van der Waals surface area contributed by atoms with E-state index in [0.717, 1.165) is 101 Å². The number of rotatable bonds is 16. The van der Waals surface area contributed by atoms with Crippen molar-refractivity contribution in [3.63, 3.8) is 0 Å². The van der Waals surface area contributed by atoms with Crippen LogP contribution >= 0.6 is 0 Å². The minimum atomic E-state index is -1.04. The lowest BCUT2D eigenvalue weighted by Crippen LogP contribution is -2.54. The van der Waals surface area contributed by atoms with Crippen molar-refractivity contribution in [2.24, 2.45) is 11.7 Å². The highest BCUT2D eigenvalue weighted by Crippen LogP contribution is 2.36. The highest BCUT2D eigenvalue weighted by atomic mass is 16.5. The second kappa shape index (κ2) is 21.7. The molecular weight excluding hydrogens is 897 g/mol. The fourth-order valence-electron chi connectivity index (χ4n) is 10.9. The minimum absolute atomic E-state index is 0.0512. The van der Waals surface area contributed by atoms with Gasteiger partial charge in [-0.05, 0) is 81.5 Å². The average Bonchev–Trinajstić information content (AvgIpc) is 3.63. The van der Waals surface area contributed by atoms with Gasteiger partial charge in [-0.3, -0.25) is 43.9 Å². The molecular formula is C50H66N12O8. The number of aryl methyl sites for hydroxylation is 1. The van der Waals surface area contributed by atoms with Gasteiger partial charge < -0.3 is 45.9 Å². The van der Waals surface area contributed by atoms with Crippen molar-refractivity contribution in [1.29, 1.82) is 0 Å². The van der Waals surface area contributed by atoms with Crippen LogP contribution in [-0.4, -0.2) is 169 Å². The summed E-state index contributed by atoms with van der Waals surface area (Å²) < 4.78 is 11.4. The van der Waals surface area contributed by atoms with Crippen LogP contribution in [0.25, 0.3) is 0 Å². The number of piperazine rings is 1. The summed E-state index contributed by atoms with van der Waals surface area (Å²) in [4.78, 5) is 96.6. The topological polar surface area (TPSA) is 237 Å². The van der Waals surface area contributed by atoms with Crippen molar-refractivity contribution >= 4 is 64.1 Å². The molecule has 20 nitrogen and oxygen atoms in total. The first-order valence-electron chi connectivity index (χ1n) is 25.1. The third-order valence-corrected chi connectivity index (χ3v) is 14.9. The van der Waals surface area contributed by atoms with E-state index in [4.69, 9.17) is 20.2 Å². The normalized spacial score (nSPS) is 21.2. The quantitative estimate of drug-likeness (QED) is 0.130. The van der Waals surface area contributed by atoms with E-state index in [0.29, 0.717) is 79.9 Å². The predicted molar refractivity (Wildman–Crippen MR) is 262 cm³/mol. The Morgan fingerprint density at radius 2 is 1.63 bits per heavy atom. The number of likely N-dealkylation sites (tertiary alicyclic amines) is 1. The van der Waals surface area contributed by atoms with Gasteiger partial charge in [0.25, 0.3) is 17.7 Å². The van der Waals surface area contributed by atoms with Gasteiger partial charge in [-0.15, -0.1) is 0 Å². The number of primary amides is 1. The Kier molecular flexibility index (Phi) is 15.1. The lowest BCUT2D eigenvalue weighted by atomic mass is 9.95. The highest BCUT2D eigenvalue weighted by molar-refractivity contribution is 6.25. The van der Waals surface area contributed by atoms with Crippen molar-refractivity contribution in [2.45, 2.75) is 89.3 Å². The van der Waals surface area contributed by atoms with E-state index < -0.39 is 35.6 Å². The van der Waals surface area contributed by atoms with Gasteiger partial charge in [0.1, 0.15) is 11.8 Å². The number of aromatic nitrogens is 2. The molecule has 1 aromatic heterocycles. The molecule has 6 aliphatic rings. The van der Waals surface area contributed by atoms with Crippen molar-refractivity contribution in [1.82, 2.24) is 34.9 Å². The Labute approximate surface area is 408 Å².